The smallest absolute Gasteiger partial charge is 0.123 e. The van der Waals surface area contributed by atoms with Crippen LogP contribution in [0.15, 0.2) is 18.2 Å². The average Bonchev–Trinajstić information content (AvgIpc) is 2.38. The van der Waals surface area contributed by atoms with Gasteiger partial charge in [-0.1, -0.05) is 24.6 Å². The van der Waals surface area contributed by atoms with Crippen molar-refractivity contribution >= 4 is 0 Å². The number of ether oxygens (including phenoxy) is 2. The summed E-state index contributed by atoms with van der Waals surface area (Å²) in [6.07, 6.45) is 0.511. The van der Waals surface area contributed by atoms with Crippen LogP contribution in [0.3, 0.4) is 0 Å². The van der Waals surface area contributed by atoms with Crippen LogP contribution in [0.4, 0.5) is 0 Å². The summed E-state index contributed by atoms with van der Waals surface area (Å²) < 4.78 is 10.5. The summed E-state index contributed by atoms with van der Waals surface area (Å²) in [6, 6.07) is 6.08. The van der Waals surface area contributed by atoms with Gasteiger partial charge in [-0.15, -0.1) is 0 Å². The lowest BCUT2D eigenvalue weighted by Gasteiger charge is -2.15. The lowest BCUT2D eigenvalue weighted by atomic mass is 10.1. The lowest BCUT2D eigenvalue weighted by molar-refractivity contribution is 0.0323. The van der Waals surface area contributed by atoms with Gasteiger partial charge in [0.05, 0.1) is 6.61 Å². The van der Waals surface area contributed by atoms with Gasteiger partial charge in [0.15, 0.2) is 0 Å². The van der Waals surface area contributed by atoms with Crippen molar-refractivity contribution in [2.45, 2.75) is 32.9 Å². The van der Waals surface area contributed by atoms with Crippen LogP contribution in [0.2, 0.25) is 0 Å². The molecule has 1 rings (SSSR count). The summed E-state index contributed by atoms with van der Waals surface area (Å²) in [7, 11) is 1.56. The van der Waals surface area contributed by atoms with Gasteiger partial charge in [0, 0.05) is 19.2 Å². The first kappa shape index (κ1) is 16.0. The number of rotatable bonds is 9. The molecular weight excluding hydrogens is 242 g/mol. The fourth-order valence-corrected chi connectivity index (χ4v) is 1.81. The number of aliphatic hydroxyl groups excluding tert-OH is 1. The van der Waals surface area contributed by atoms with E-state index >= 15 is 0 Å². The van der Waals surface area contributed by atoms with E-state index in [0.717, 1.165) is 30.8 Å². The minimum atomic E-state index is -0.595. The molecule has 0 bridgehead atoms. The van der Waals surface area contributed by atoms with Gasteiger partial charge < -0.3 is 19.9 Å². The van der Waals surface area contributed by atoms with Gasteiger partial charge in [-0.3, -0.25) is 0 Å². The zero-order valence-corrected chi connectivity index (χ0v) is 12.1. The summed E-state index contributed by atoms with van der Waals surface area (Å²) >= 11 is 0. The van der Waals surface area contributed by atoms with Crippen LogP contribution in [0.1, 0.15) is 24.5 Å². The molecule has 0 fully saturated rings. The van der Waals surface area contributed by atoms with E-state index in [1.165, 1.54) is 5.56 Å². The first-order chi connectivity index (χ1) is 9.17. The minimum Gasteiger partial charge on any atom is -0.490 e. The van der Waals surface area contributed by atoms with Gasteiger partial charge in [0.1, 0.15) is 18.5 Å². The second-order valence-corrected chi connectivity index (χ2v) is 4.71. The lowest BCUT2D eigenvalue weighted by Crippen LogP contribution is -2.23. The maximum Gasteiger partial charge on any atom is 0.123 e. The van der Waals surface area contributed by atoms with Gasteiger partial charge in [-0.05, 0) is 26.0 Å². The molecule has 0 radical (unpaired) electrons. The van der Waals surface area contributed by atoms with E-state index in [1.54, 1.807) is 7.11 Å². The third kappa shape index (κ3) is 6.05. The second kappa shape index (κ2) is 8.91. The van der Waals surface area contributed by atoms with Gasteiger partial charge in [0.2, 0.25) is 0 Å². The molecule has 0 saturated heterocycles. The summed E-state index contributed by atoms with van der Waals surface area (Å²) in [4.78, 5) is 0. The maximum absolute atomic E-state index is 9.60. The van der Waals surface area contributed by atoms with Crippen LogP contribution in [0.25, 0.3) is 0 Å². The third-order valence-electron chi connectivity index (χ3n) is 2.75. The molecule has 4 heteroatoms. The number of methoxy groups -OCH3 is 1. The monoisotopic (exact) mass is 267 g/mol. The molecule has 19 heavy (non-hydrogen) atoms. The molecule has 0 amide bonds. The van der Waals surface area contributed by atoms with Crippen molar-refractivity contribution in [2.24, 2.45) is 0 Å². The Morgan fingerprint density at radius 3 is 2.79 bits per heavy atom. The first-order valence-electron chi connectivity index (χ1n) is 6.77. The Morgan fingerprint density at radius 1 is 1.32 bits per heavy atom. The first-order valence-corrected chi connectivity index (χ1v) is 6.77. The summed E-state index contributed by atoms with van der Waals surface area (Å²) in [5.74, 6) is 0.823. The molecule has 0 aliphatic rings. The second-order valence-electron chi connectivity index (χ2n) is 4.71. The van der Waals surface area contributed by atoms with E-state index in [0.29, 0.717) is 0 Å². The molecular formula is C15H25NO3. The largest absolute Gasteiger partial charge is 0.490 e. The molecule has 2 N–H and O–H groups in total. The highest BCUT2D eigenvalue weighted by Gasteiger charge is 2.08. The molecule has 0 aliphatic carbocycles. The van der Waals surface area contributed by atoms with Crippen molar-refractivity contribution in [2.75, 3.05) is 26.9 Å². The number of hydrogen-bond donors (Lipinski definition) is 2. The quantitative estimate of drug-likeness (QED) is 0.671. The molecule has 1 atom stereocenters. The van der Waals surface area contributed by atoms with E-state index in [-0.39, 0.29) is 13.2 Å². The van der Waals surface area contributed by atoms with E-state index in [1.807, 2.05) is 12.1 Å². The zero-order valence-electron chi connectivity index (χ0n) is 12.1. The summed E-state index contributed by atoms with van der Waals surface area (Å²) in [6.45, 7) is 6.51. The Kier molecular flexibility index (Phi) is 7.48. The Balaban J connectivity index is 2.59. The van der Waals surface area contributed by atoms with Crippen LogP contribution in [0.5, 0.6) is 5.75 Å². The molecule has 1 aromatic carbocycles. The molecule has 4 nitrogen and oxygen atoms in total. The third-order valence-corrected chi connectivity index (χ3v) is 2.75. The van der Waals surface area contributed by atoms with E-state index in [2.05, 4.69) is 25.2 Å². The van der Waals surface area contributed by atoms with Gasteiger partial charge in [-0.25, -0.2) is 0 Å². The topological polar surface area (TPSA) is 50.7 Å². The van der Waals surface area contributed by atoms with Crippen molar-refractivity contribution in [3.63, 3.8) is 0 Å². The number of benzene rings is 1. The van der Waals surface area contributed by atoms with Gasteiger partial charge >= 0.3 is 0 Å². The normalized spacial score (nSPS) is 12.4. The molecule has 1 aromatic rings. The van der Waals surface area contributed by atoms with Crippen LogP contribution in [-0.4, -0.2) is 38.1 Å². The summed E-state index contributed by atoms with van der Waals surface area (Å²) in [5, 5.41) is 13.0. The fourth-order valence-electron chi connectivity index (χ4n) is 1.81. The van der Waals surface area contributed by atoms with E-state index in [9.17, 15) is 5.11 Å². The average molecular weight is 267 g/mol. The van der Waals surface area contributed by atoms with E-state index in [4.69, 9.17) is 9.47 Å². The van der Waals surface area contributed by atoms with E-state index < -0.39 is 6.10 Å². The van der Waals surface area contributed by atoms with Crippen molar-refractivity contribution in [1.29, 1.82) is 0 Å². The van der Waals surface area contributed by atoms with Crippen LogP contribution >= 0.6 is 0 Å². The molecule has 0 heterocycles. The zero-order chi connectivity index (χ0) is 14.1. The standard InChI is InChI=1S/C15H25NO3/c1-4-7-16-9-13-8-12(2)5-6-15(13)19-11-14(17)10-18-3/h5-6,8,14,16-17H,4,7,9-11H2,1-3H3. The summed E-state index contributed by atoms with van der Waals surface area (Å²) in [5.41, 5.74) is 2.33. The Morgan fingerprint density at radius 2 is 2.11 bits per heavy atom. The highest BCUT2D eigenvalue weighted by molar-refractivity contribution is 5.36. The van der Waals surface area contributed by atoms with Crippen molar-refractivity contribution < 1.29 is 14.6 Å². The number of hydrogen-bond acceptors (Lipinski definition) is 4. The number of nitrogens with one attached hydrogen (secondary N) is 1. The molecule has 0 saturated carbocycles. The Bertz CT molecular complexity index is 368. The number of aryl methyl sites for hydroxylation is 1. The molecule has 0 aliphatic heterocycles. The SMILES string of the molecule is CCCNCc1cc(C)ccc1OCC(O)COC. The maximum atomic E-state index is 9.60. The molecule has 1 unspecified atom stereocenters. The minimum absolute atomic E-state index is 0.248. The predicted octanol–water partition coefficient (Wildman–Crippen LogP) is 1.88. The molecule has 0 spiro atoms. The highest BCUT2D eigenvalue weighted by Crippen LogP contribution is 2.20. The Hall–Kier alpha value is -1.10. The van der Waals surface area contributed by atoms with Crippen molar-refractivity contribution in [3.8, 4) is 5.75 Å². The highest BCUT2D eigenvalue weighted by atomic mass is 16.5. The van der Waals surface area contributed by atoms with Crippen molar-refractivity contribution in [3.05, 3.63) is 29.3 Å². The molecule has 0 aromatic heterocycles. The van der Waals surface area contributed by atoms with Crippen molar-refractivity contribution in [1.82, 2.24) is 5.32 Å². The Labute approximate surface area is 115 Å². The fraction of sp³-hybridized carbons (Fsp3) is 0.600. The van der Waals surface area contributed by atoms with Crippen LogP contribution in [-0.2, 0) is 11.3 Å². The predicted molar refractivity (Wildman–Crippen MR) is 76.6 cm³/mol. The van der Waals surface area contributed by atoms with Crippen LogP contribution < -0.4 is 10.1 Å². The number of aliphatic hydroxyl groups is 1. The molecule has 108 valence electrons. The van der Waals surface area contributed by atoms with Gasteiger partial charge in [0.25, 0.3) is 0 Å². The van der Waals surface area contributed by atoms with Gasteiger partial charge in [-0.2, -0.15) is 0 Å². The van der Waals surface area contributed by atoms with Crippen LogP contribution in [0, 0.1) is 6.92 Å².